The zero-order valence-electron chi connectivity index (χ0n) is 56.6. The number of benzene rings is 11. The molecule has 0 bridgehead atoms. The number of nitrogens with zero attached hydrogens (tertiary/aromatic N) is 4. The second kappa shape index (κ2) is 34.4. The molecular formula is C82H96B2N4O. The molecule has 0 amide bonds. The molecule has 5 aliphatic rings. The lowest BCUT2D eigenvalue weighted by Crippen LogP contribution is -2.61. The first-order chi connectivity index (χ1) is 44.3. The summed E-state index contributed by atoms with van der Waals surface area (Å²) in [5.41, 5.74) is 22.4. The number of para-hydroxylation sites is 8. The molecule has 0 saturated carbocycles. The Bertz CT molecular complexity index is 3940. The fourth-order valence-corrected chi connectivity index (χ4v) is 12.2. The molecule has 5 heterocycles. The van der Waals surface area contributed by atoms with Gasteiger partial charge in [0.25, 0.3) is 13.4 Å². The number of hydrogen-bond donors (Lipinski definition) is 0. The van der Waals surface area contributed by atoms with E-state index in [0.29, 0.717) is 0 Å². The van der Waals surface area contributed by atoms with Crippen molar-refractivity contribution in [2.24, 2.45) is 0 Å². The average Bonchev–Trinajstić information content (AvgIpc) is 0.756. The Balaban J connectivity index is 0.000000228. The highest BCUT2D eigenvalue weighted by Crippen LogP contribution is 2.53. The quantitative estimate of drug-likeness (QED) is 0.164. The van der Waals surface area contributed by atoms with E-state index >= 15 is 0 Å². The van der Waals surface area contributed by atoms with Gasteiger partial charge in [-0.15, -0.1) is 0 Å². The van der Waals surface area contributed by atoms with Crippen LogP contribution >= 0.6 is 0 Å². The number of anilines is 12. The van der Waals surface area contributed by atoms with Gasteiger partial charge in [0.2, 0.25) is 0 Å². The van der Waals surface area contributed by atoms with Gasteiger partial charge in [-0.1, -0.05) is 282 Å². The highest BCUT2D eigenvalue weighted by molar-refractivity contribution is 7.01. The van der Waals surface area contributed by atoms with Crippen LogP contribution in [0, 0.1) is 0 Å². The second-order valence-corrected chi connectivity index (χ2v) is 18.8. The second-order valence-electron chi connectivity index (χ2n) is 18.8. The summed E-state index contributed by atoms with van der Waals surface area (Å²) >= 11 is 0. The predicted molar refractivity (Wildman–Crippen MR) is 401 cm³/mol. The van der Waals surface area contributed by atoms with Crippen molar-refractivity contribution in [2.75, 3.05) is 19.6 Å². The fourth-order valence-electron chi connectivity index (χ4n) is 12.2. The summed E-state index contributed by atoms with van der Waals surface area (Å²) in [6.07, 6.45) is 0. The highest BCUT2D eigenvalue weighted by Gasteiger charge is 2.46. The van der Waals surface area contributed by atoms with Crippen LogP contribution in [0.5, 0.6) is 11.5 Å². The van der Waals surface area contributed by atoms with Gasteiger partial charge >= 0.3 is 0 Å². The van der Waals surface area contributed by atoms with Crippen molar-refractivity contribution in [3.8, 4) is 11.5 Å². The lowest BCUT2D eigenvalue weighted by Gasteiger charge is -2.45. The van der Waals surface area contributed by atoms with E-state index in [2.05, 4.69) is 268 Å². The van der Waals surface area contributed by atoms with Crippen LogP contribution in [-0.4, -0.2) is 13.4 Å². The molecule has 5 nitrogen and oxygen atoms in total. The SMILES string of the molecule is CC.CC.CC.CC.CC.CC.CC.CC.CC.c1ccc(N2c3ccccc3B3c4cccc5c4N(c4ccccc4O5)c4cccc2c43)cc1.c1ccc(N2c3ccccc3B3c4ccccc4N(c4ccc5ccccc5c4)c4cccc2c43)cc1. The molecule has 11 aromatic rings. The van der Waals surface area contributed by atoms with Crippen molar-refractivity contribution in [1.82, 2.24) is 0 Å². The van der Waals surface area contributed by atoms with Crippen LogP contribution < -0.4 is 57.1 Å². The van der Waals surface area contributed by atoms with Gasteiger partial charge in [-0.2, -0.15) is 0 Å². The molecular weight excluding hydrogens is 1080 g/mol. The van der Waals surface area contributed by atoms with Crippen LogP contribution in [0.1, 0.15) is 125 Å². The lowest BCUT2D eigenvalue weighted by molar-refractivity contribution is 0.477. The summed E-state index contributed by atoms with van der Waals surface area (Å²) in [5, 5.41) is 2.51. The molecule has 0 radical (unpaired) electrons. The van der Waals surface area contributed by atoms with E-state index in [1.54, 1.807) is 0 Å². The molecule has 89 heavy (non-hydrogen) atoms. The molecule has 0 fully saturated rings. The van der Waals surface area contributed by atoms with E-state index in [9.17, 15) is 0 Å². The van der Waals surface area contributed by atoms with Crippen molar-refractivity contribution >= 4 is 125 Å². The zero-order valence-corrected chi connectivity index (χ0v) is 56.6. The maximum atomic E-state index is 6.41. The van der Waals surface area contributed by atoms with Crippen molar-refractivity contribution in [1.29, 1.82) is 0 Å². The van der Waals surface area contributed by atoms with E-state index in [-0.39, 0.29) is 13.4 Å². The van der Waals surface area contributed by atoms with Gasteiger partial charge in [0.15, 0.2) is 11.5 Å². The van der Waals surface area contributed by atoms with Crippen molar-refractivity contribution in [3.63, 3.8) is 0 Å². The van der Waals surface area contributed by atoms with Gasteiger partial charge in [-0.3, -0.25) is 0 Å². The van der Waals surface area contributed by atoms with Crippen LogP contribution in [-0.2, 0) is 0 Å². The van der Waals surface area contributed by atoms with Crippen LogP contribution in [0.3, 0.4) is 0 Å². The molecule has 0 unspecified atom stereocenters. The van der Waals surface area contributed by atoms with E-state index in [0.717, 1.165) is 22.9 Å². The maximum Gasteiger partial charge on any atom is 0.252 e. The summed E-state index contributed by atoms with van der Waals surface area (Å²) < 4.78 is 6.41. The first kappa shape index (κ1) is 68.9. The van der Waals surface area contributed by atoms with Gasteiger partial charge < -0.3 is 24.3 Å². The van der Waals surface area contributed by atoms with Crippen LogP contribution in [0.4, 0.5) is 68.2 Å². The topological polar surface area (TPSA) is 22.2 Å². The Hall–Kier alpha value is -9.19. The van der Waals surface area contributed by atoms with Crippen LogP contribution in [0.25, 0.3) is 10.8 Å². The van der Waals surface area contributed by atoms with Crippen LogP contribution in [0.2, 0.25) is 0 Å². The minimum absolute atomic E-state index is 0.141. The Labute approximate surface area is 537 Å². The summed E-state index contributed by atoms with van der Waals surface area (Å²) in [6, 6.07) is 91.7. The number of ether oxygens (including phenoxy) is 1. The third kappa shape index (κ3) is 13.0. The van der Waals surface area contributed by atoms with Gasteiger partial charge in [-0.05, 0) is 141 Å². The molecule has 5 aliphatic heterocycles. The fraction of sp³-hybridized carbons (Fsp3) is 0.220. The summed E-state index contributed by atoms with van der Waals surface area (Å²) in [5.74, 6) is 1.80. The van der Waals surface area contributed by atoms with E-state index in [1.165, 1.54) is 100 Å². The zero-order chi connectivity index (χ0) is 64.6. The summed E-state index contributed by atoms with van der Waals surface area (Å²) in [6.45, 7) is 36.3. The van der Waals surface area contributed by atoms with Crippen molar-refractivity contribution in [3.05, 3.63) is 255 Å². The minimum atomic E-state index is 0.141. The van der Waals surface area contributed by atoms with E-state index < -0.39 is 0 Å². The first-order valence-electron chi connectivity index (χ1n) is 33.5. The Morgan fingerprint density at radius 3 is 1.00 bits per heavy atom. The lowest BCUT2D eigenvalue weighted by atomic mass is 9.33. The van der Waals surface area contributed by atoms with Crippen LogP contribution in [0.15, 0.2) is 255 Å². The normalized spacial score (nSPS) is 11.4. The molecule has 16 rings (SSSR count). The predicted octanol–water partition coefficient (Wildman–Crippen LogP) is 22.0. The molecule has 0 saturated heterocycles. The molecule has 11 aromatic carbocycles. The number of hydrogen-bond acceptors (Lipinski definition) is 5. The molecule has 0 atom stereocenters. The molecule has 0 aromatic heterocycles. The van der Waals surface area contributed by atoms with E-state index in [4.69, 9.17) is 4.74 Å². The van der Waals surface area contributed by atoms with Gasteiger partial charge in [0.1, 0.15) is 0 Å². The minimum Gasteiger partial charge on any atom is -0.453 e. The molecule has 0 N–H and O–H groups in total. The number of rotatable bonds is 3. The molecule has 7 heteroatoms. The number of fused-ring (bicyclic) bond motifs is 11. The van der Waals surface area contributed by atoms with Gasteiger partial charge in [0.05, 0.1) is 11.4 Å². The first-order valence-corrected chi connectivity index (χ1v) is 33.5. The standard InChI is InChI=1S/C34H23BN2.C30H19BN2O.9C2H6/c1-2-13-26(14-3-1)36-30-17-8-6-15-28(30)35-29-16-7-9-18-31(29)37(33-20-10-19-32(36)34(33)35)27-22-21-24-11-4-5-12-25(24)23-27;1-2-10-20(11-3-1)32-23-14-5-4-12-21(23)31-22-13-8-19-28-30(22)33(24-15-6-7-18-27(24)34-28)26-17-9-16-25(32)29(26)31;9*1-2/h1-23H;1-19H;9*1-2H3. The van der Waals surface area contributed by atoms with Gasteiger partial charge in [-0.25, -0.2) is 0 Å². The van der Waals surface area contributed by atoms with Crippen molar-refractivity contribution < 1.29 is 4.74 Å². The maximum absolute atomic E-state index is 6.41. The smallest absolute Gasteiger partial charge is 0.252 e. The molecule has 456 valence electrons. The van der Waals surface area contributed by atoms with E-state index in [1.807, 2.05) is 131 Å². The summed E-state index contributed by atoms with van der Waals surface area (Å²) in [7, 11) is 0. The largest absolute Gasteiger partial charge is 0.453 e. The average molecular weight is 1180 g/mol. The van der Waals surface area contributed by atoms with Crippen molar-refractivity contribution in [2.45, 2.75) is 125 Å². The third-order valence-corrected chi connectivity index (χ3v) is 15.0. The monoisotopic (exact) mass is 1170 g/mol. The Morgan fingerprint density at radius 1 is 0.225 bits per heavy atom. The Kier molecular flexibility index (Phi) is 26.6. The van der Waals surface area contributed by atoms with Gasteiger partial charge in [0, 0.05) is 56.9 Å². The Morgan fingerprint density at radius 2 is 0.539 bits per heavy atom. The third-order valence-electron chi connectivity index (χ3n) is 15.0. The summed E-state index contributed by atoms with van der Waals surface area (Å²) in [4.78, 5) is 9.69. The molecule has 0 spiro atoms. The molecule has 0 aliphatic carbocycles. The highest BCUT2D eigenvalue weighted by atomic mass is 16.5.